The number of nitrogens with one attached hydrogen (secondary N) is 1. The molecule has 24 heavy (non-hydrogen) atoms. The number of halogens is 3. The third kappa shape index (κ3) is 5.96. The Balaban J connectivity index is 1.72. The van der Waals surface area contributed by atoms with Gasteiger partial charge in [-0.3, -0.25) is 0 Å². The number of ether oxygens (including phenoxy) is 2. The number of hydrogen-bond donors (Lipinski definition) is 2. The second-order valence-corrected chi connectivity index (χ2v) is 6.32. The molecule has 2 N–H and O–H groups in total. The molecule has 1 aliphatic rings. The minimum atomic E-state index is -4.36. The maximum absolute atomic E-state index is 12.5. The zero-order chi connectivity index (χ0) is 17.7. The van der Waals surface area contributed by atoms with Crippen LogP contribution in [-0.2, 0) is 10.9 Å². The molecule has 1 aliphatic heterocycles. The van der Waals surface area contributed by atoms with Crippen LogP contribution >= 0.6 is 0 Å². The molecular formula is C17H24F3NO3. The third-order valence-electron chi connectivity index (χ3n) is 3.96. The first-order chi connectivity index (χ1) is 11.2. The maximum atomic E-state index is 12.5. The van der Waals surface area contributed by atoms with Crippen molar-refractivity contribution in [3.63, 3.8) is 0 Å². The lowest BCUT2D eigenvalue weighted by molar-refractivity contribution is -0.137. The normalized spacial score (nSPS) is 26.2. The van der Waals surface area contributed by atoms with E-state index in [1.165, 1.54) is 12.1 Å². The smallest absolute Gasteiger partial charge is 0.416 e. The highest BCUT2D eigenvalue weighted by Gasteiger charge is 2.30. The van der Waals surface area contributed by atoms with Gasteiger partial charge in [-0.1, -0.05) is 0 Å². The Kier molecular flexibility index (Phi) is 6.48. The first kappa shape index (κ1) is 19.0. The van der Waals surface area contributed by atoms with Crippen LogP contribution in [-0.4, -0.2) is 42.6 Å². The van der Waals surface area contributed by atoms with E-state index >= 15 is 0 Å². The van der Waals surface area contributed by atoms with E-state index in [0.717, 1.165) is 25.0 Å². The summed E-state index contributed by atoms with van der Waals surface area (Å²) >= 11 is 0. The van der Waals surface area contributed by atoms with Gasteiger partial charge in [0.15, 0.2) is 0 Å². The Morgan fingerprint density at radius 2 is 1.79 bits per heavy atom. The van der Waals surface area contributed by atoms with Crippen LogP contribution in [0.1, 0.15) is 32.3 Å². The van der Waals surface area contributed by atoms with E-state index in [1.54, 1.807) is 0 Å². The Morgan fingerprint density at radius 1 is 1.21 bits per heavy atom. The molecule has 1 fully saturated rings. The molecule has 0 spiro atoms. The average molecular weight is 347 g/mol. The first-order valence-electron chi connectivity index (χ1n) is 8.11. The van der Waals surface area contributed by atoms with Crippen LogP contribution in [0.25, 0.3) is 0 Å². The van der Waals surface area contributed by atoms with Crippen molar-refractivity contribution in [3.05, 3.63) is 29.8 Å². The van der Waals surface area contributed by atoms with Gasteiger partial charge in [-0.15, -0.1) is 0 Å². The first-order valence-corrected chi connectivity index (χ1v) is 8.11. The van der Waals surface area contributed by atoms with Crippen molar-refractivity contribution in [1.82, 2.24) is 5.32 Å². The van der Waals surface area contributed by atoms with Gasteiger partial charge in [0.2, 0.25) is 0 Å². The van der Waals surface area contributed by atoms with Gasteiger partial charge < -0.3 is 19.9 Å². The second-order valence-electron chi connectivity index (χ2n) is 6.32. The fourth-order valence-electron chi connectivity index (χ4n) is 2.87. The molecule has 1 heterocycles. The van der Waals surface area contributed by atoms with Crippen molar-refractivity contribution in [2.45, 2.75) is 57.2 Å². The summed E-state index contributed by atoms with van der Waals surface area (Å²) in [4.78, 5) is 0. The number of rotatable bonds is 6. The largest absolute Gasteiger partial charge is 0.491 e. The van der Waals surface area contributed by atoms with Crippen molar-refractivity contribution >= 4 is 0 Å². The van der Waals surface area contributed by atoms with Gasteiger partial charge in [-0.05, 0) is 51.0 Å². The Bertz CT molecular complexity index is 497. The van der Waals surface area contributed by atoms with E-state index in [4.69, 9.17) is 9.47 Å². The number of aliphatic hydroxyl groups excluding tert-OH is 1. The molecule has 0 radical (unpaired) electrons. The van der Waals surface area contributed by atoms with Crippen LogP contribution in [0.3, 0.4) is 0 Å². The molecule has 0 aromatic heterocycles. The summed E-state index contributed by atoms with van der Waals surface area (Å²) in [6.07, 6.45) is -2.95. The second kappa shape index (κ2) is 8.18. The van der Waals surface area contributed by atoms with Crippen molar-refractivity contribution in [3.8, 4) is 5.75 Å². The molecule has 136 valence electrons. The maximum Gasteiger partial charge on any atom is 0.416 e. The van der Waals surface area contributed by atoms with Crippen molar-refractivity contribution < 1.29 is 27.8 Å². The van der Waals surface area contributed by atoms with Gasteiger partial charge >= 0.3 is 6.18 Å². The molecule has 0 bridgehead atoms. The SMILES string of the molecule is CC1CC(NCC(O)COc2ccc(C(F)(F)F)cc2)CC(C)O1. The summed E-state index contributed by atoms with van der Waals surface area (Å²) in [5.41, 5.74) is -0.722. The zero-order valence-electron chi connectivity index (χ0n) is 13.8. The van der Waals surface area contributed by atoms with Gasteiger partial charge in [0.05, 0.1) is 17.8 Å². The molecule has 3 atom stereocenters. The number of aliphatic hydroxyl groups is 1. The van der Waals surface area contributed by atoms with E-state index in [0.29, 0.717) is 12.3 Å². The van der Waals surface area contributed by atoms with Crippen molar-refractivity contribution in [2.24, 2.45) is 0 Å². The van der Waals surface area contributed by atoms with Crippen molar-refractivity contribution in [2.75, 3.05) is 13.2 Å². The highest BCUT2D eigenvalue weighted by Crippen LogP contribution is 2.30. The fourth-order valence-corrected chi connectivity index (χ4v) is 2.87. The molecule has 7 heteroatoms. The molecule has 4 nitrogen and oxygen atoms in total. The molecule has 0 saturated carbocycles. The molecule has 1 saturated heterocycles. The van der Waals surface area contributed by atoms with E-state index in [9.17, 15) is 18.3 Å². The predicted octanol–water partition coefficient (Wildman–Crippen LogP) is 2.99. The lowest BCUT2D eigenvalue weighted by Gasteiger charge is -2.33. The number of alkyl halides is 3. The van der Waals surface area contributed by atoms with Crippen LogP contribution in [0, 0.1) is 0 Å². The Labute approximate surface area is 140 Å². The fraction of sp³-hybridized carbons (Fsp3) is 0.647. The van der Waals surface area contributed by atoms with Gasteiger partial charge in [0.1, 0.15) is 18.5 Å². The van der Waals surface area contributed by atoms with Gasteiger partial charge in [0.25, 0.3) is 0 Å². The Morgan fingerprint density at radius 3 is 2.33 bits per heavy atom. The summed E-state index contributed by atoms with van der Waals surface area (Å²) in [5.74, 6) is 0.301. The number of benzene rings is 1. The van der Waals surface area contributed by atoms with E-state index < -0.39 is 17.8 Å². The minimum absolute atomic E-state index is 0.0205. The highest BCUT2D eigenvalue weighted by atomic mass is 19.4. The zero-order valence-corrected chi connectivity index (χ0v) is 13.8. The lowest BCUT2D eigenvalue weighted by atomic mass is 10.00. The van der Waals surface area contributed by atoms with E-state index in [1.807, 2.05) is 13.8 Å². The number of hydrogen-bond acceptors (Lipinski definition) is 4. The molecule has 3 unspecified atom stereocenters. The van der Waals surface area contributed by atoms with Crippen LogP contribution < -0.4 is 10.1 Å². The lowest BCUT2D eigenvalue weighted by Crippen LogP contribution is -2.44. The highest BCUT2D eigenvalue weighted by molar-refractivity contribution is 5.28. The Hall–Kier alpha value is -1.31. The quantitative estimate of drug-likeness (QED) is 0.831. The monoisotopic (exact) mass is 347 g/mol. The average Bonchev–Trinajstić information content (AvgIpc) is 2.49. The minimum Gasteiger partial charge on any atom is -0.491 e. The molecule has 0 amide bonds. The molecular weight excluding hydrogens is 323 g/mol. The topological polar surface area (TPSA) is 50.7 Å². The molecule has 0 aliphatic carbocycles. The predicted molar refractivity (Wildman–Crippen MR) is 84.0 cm³/mol. The molecule has 2 rings (SSSR count). The standard InChI is InChI=1S/C17H24F3NO3/c1-11-7-14(8-12(2)24-11)21-9-15(22)10-23-16-5-3-13(4-6-16)17(18,19)20/h3-6,11-12,14-15,21-22H,7-10H2,1-2H3. The summed E-state index contributed by atoms with van der Waals surface area (Å²) < 4.78 is 48.4. The summed E-state index contributed by atoms with van der Waals surface area (Å²) in [7, 11) is 0. The van der Waals surface area contributed by atoms with E-state index in [-0.39, 0.29) is 24.9 Å². The van der Waals surface area contributed by atoms with Gasteiger partial charge in [0, 0.05) is 12.6 Å². The van der Waals surface area contributed by atoms with Crippen molar-refractivity contribution in [1.29, 1.82) is 0 Å². The third-order valence-corrected chi connectivity index (χ3v) is 3.96. The van der Waals surface area contributed by atoms with Crippen LogP contribution in [0.4, 0.5) is 13.2 Å². The van der Waals surface area contributed by atoms with Crippen LogP contribution in [0.5, 0.6) is 5.75 Å². The summed E-state index contributed by atoms with van der Waals surface area (Å²) in [6.45, 7) is 4.43. The van der Waals surface area contributed by atoms with Gasteiger partial charge in [-0.2, -0.15) is 13.2 Å². The summed E-state index contributed by atoms with van der Waals surface area (Å²) in [6, 6.07) is 4.72. The summed E-state index contributed by atoms with van der Waals surface area (Å²) in [5, 5.41) is 13.2. The van der Waals surface area contributed by atoms with Crippen LogP contribution in [0.15, 0.2) is 24.3 Å². The van der Waals surface area contributed by atoms with E-state index in [2.05, 4.69) is 5.32 Å². The van der Waals surface area contributed by atoms with Crippen LogP contribution in [0.2, 0.25) is 0 Å². The van der Waals surface area contributed by atoms with Gasteiger partial charge in [-0.25, -0.2) is 0 Å². The molecule has 1 aromatic carbocycles. The molecule has 1 aromatic rings.